The summed E-state index contributed by atoms with van der Waals surface area (Å²) in [7, 11) is 0. The van der Waals surface area contributed by atoms with Gasteiger partial charge in [-0.1, -0.05) is 30.3 Å². The summed E-state index contributed by atoms with van der Waals surface area (Å²) in [6, 6.07) is 9.43. The van der Waals surface area contributed by atoms with E-state index in [1.165, 1.54) is 0 Å². The van der Waals surface area contributed by atoms with Crippen molar-refractivity contribution in [3.63, 3.8) is 0 Å². The normalized spacial score (nSPS) is 11.0. The van der Waals surface area contributed by atoms with Crippen LogP contribution in [0, 0.1) is 0 Å². The van der Waals surface area contributed by atoms with Crippen molar-refractivity contribution in [2.24, 2.45) is 10.7 Å². The molecular formula is C9H11N3O2. The summed E-state index contributed by atoms with van der Waals surface area (Å²) in [6.45, 7) is 0.368. The lowest BCUT2D eigenvalue weighted by Crippen LogP contribution is -2.35. The average molecular weight is 193 g/mol. The second-order valence-corrected chi connectivity index (χ2v) is 2.62. The molecular weight excluding hydrogens is 182 g/mol. The lowest BCUT2D eigenvalue weighted by Gasteiger charge is -1.99. The molecule has 0 unspecified atom stereocenters. The Hall–Kier alpha value is -2.04. The van der Waals surface area contributed by atoms with E-state index in [1.54, 1.807) is 0 Å². The molecule has 1 aromatic carbocycles. The maximum absolute atomic E-state index is 10.1. The number of amides is 1. The molecule has 0 bridgehead atoms. The monoisotopic (exact) mass is 193 g/mol. The molecule has 0 aliphatic carbocycles. The molecule has 1 amide bonds. The first-order chi connectivity index (χ1) is 6.68. The van der Waals surface area contributed by atoms with E-state index in [4.69, 9.17) is 10.8 Å². The summed E-state index contributed by atoms with van der Waals surface area (Å²) >= 11 is 0. The minimum atomic E-state index is -1.21. The van der Waals surface area contributed by atoms with Gasteiger partial charge < -0.3 is 10.8 Å². The maximum atomic E-state index is 10.1. The first-order valence-corrected chi connectivity index (χ1v) is 4.02. The SMILES string of the molecule is NC(=NCc1ccccc1)NC(=O)O. The van der Waals surface area contributed by atoms with Crippen molar-refractivity contribution in [1.29, 1.82) is 0 Å². The number of rotatable bonds is 2. The number of hydrogen-bond acceptors (Lipinski definition) is 2. The molecule has 0 aliphatic heterocycles. The molecule has 4 N–H and O–H groups in total. The Morgan fingerprint density at radius 2 is 2.07 bits per heavy atom. The van der Waals surface area contributed by atoms with E-state index >= 15 is 0 Å². The Morgan fingerprint density at radius 3 is 2.64 bits per heavy atom. The topological polar surface area (TPSA) is 87.7 Å². The molecule has 0 aliphatic rings. The summed E-state index contributed by atoms with van der Waals surface area (Å²) in [6.07, 6.45) is -1.21. The zero-order valence-electron chi connectivity index (χ0n) is 7.47. The van der Waals surface area contributed by atoms with E-state index in [0.29, 0.717) is 6.54 Å². The highest BCUT2D eigenvalue weighted by atomic mass is 16.4. The van der Waals surface area contributed by atoms with Crippen LogP contribution >= 0.6 is 0 Å². The Bertz CT molecular complexity index is 335. The predicted octanol–water partition coefficient (Wildman–Crippen LogP) is 0.769. The van der Waals surface area contributed by atoms with Crippen LogP contribution in [-0.4, -0.2) is 17.2 Å². The molecule has 0 spiro atoms. The smallest absolute Gasteiger partial charge is 0.411 e. The van der Waals surface area contributed by atoms with Gasteiger partial charge in [0.05, 0.1) is 6.54 Å². The van der Waals surface area contributed by atoms with Gasteiger partial charge in [-0.3, -0.25) is 5.32 Å². The lowest BCUT2D eigenvalue weighted by atomic mass is 10.2. The summed E-state index contributed by atoms with van der Waals surface area (Å²) in [5.41, 5.74) is 6.26. The standard InChI is InChI=1S/C9H11N3O2/c10-8(12-9(13)14)11-6-7-4-2-1-3-5-7/h1-5H,6H2,(H,13,14)(H3,10,11,12). The van der Waals surface area contributed by atoms with Gasteiger partial charge in [-0.15, -0.1) is 0 Å². The third kappa shape index (κ3) is 3.57. The molecule has 74 valence electrons. The van der Waals surface area contributed by atoms with E-state index in [-0.39, 0.29) is 5.96 Å². The van der Waals surface area contributed by atoms with E-state index in [0.717, 1.165) is 5.56 Å². The quantitative estimate of drug-likeness (QED) is 0.478. The third-order valence-electron chi connectivity index (χ3n) is 1.51. The molecule has 0 saturated carbocycles. The molecule has 5 nitrogen and oxygen atoms in total. The number of nitrogens with one attached hydrogen (secondary N) is 1. The molecule has 5 heteroatoms. The van der Waals surface area contributed by atoms with Crippen molar-refractivity contribution in [2.75, 3.05) is 0 Å². The van der Waals surface area contributed by atoms with Gasteiger partial charge in [0.1, 0.15) is 0 Å². The van der Waals surface area contributed by atoms with Crippen LogP contribution in [0.1, 0.15) is 5.56 Å². The summed E-state index contributed by atoms with van der Waals surface area (Å²) in [4.78, 5) is 14.0. The fourth-order valence-corrected chi connectivity index (χ4v) is 0.909. The molecule has 0 heterocycles. The van der Waals surface area contributed by atoms with E-state index in [9.17, 15) is 4.79 Å². The van der Waals surface area contributed by atoms with Gasteiger partial charge in [-0.25, -0.2) is 9.79 Å². The van der Waals surface area contributed by atoms with E-state index < -0.39 is 6.09 Å². The van der Waals surface area contributed by atoms with Gasteiger partial charge in [0.2, 0.25) is 0 Å². The summed E-state index contributed by atoms with van der Waals surface area (Å²) < 4.78 is 0. The van der Waals surface area contributed by atoms with Crippen LogP contribution in [0.15, 0.2) is 35.3 Å². The number of nitrogens with two attached hydrogens (primary N) is 1. The van der Waals surface area contributed by atoms with Crippen LogP contribution in [-0.2, 0) is 6.54 Å². The highest BCUT2D eigenvalue weighted by Crippen LogP contribution is 1.99. The summed E-state index contributed by atoms with van der Waals surface area (Å²) in [5, 5.41) is 10.3. The van der Waals surface area contributed by atoms with Crippen LogP contribution in [0.2, 0.25) is 0 Å². The van der Waals surface area contributed by atoms with Crippen molar-refractivity contribution >= 4 is 12.1 Å². The molecule has 0 atom stereocenters. The number of guanidine groups is 1. The van der Waals surface area contributed by atoms with E-state index in [1.807, 2.05) is 35.6 Å². The van der Waals surface area contributed by atoms with Crippen LogP contribution in [0.3, 0.4) is 0 Å². The first-order valence-electron chi connectivity index (χ1n) is 4.02. The molecule has 14 heavy (non-hydrogen) atoms. The predicted molar refractivity (Wildman–Crippen MR) is 52.9 cm³/mol. The number of carbonyl (C=O) groups is 1. The first kappa shape index (κ1) is 10.0. The third-order valence-corrected chi connectivity index (χ3v) is 1.51. The van der Waals surface area contributed by atoms with Crippen LogP contribution in [0.5, 0.6) is 0 Å². The van der Waals surface area contributed by atoms with Crippen molar-refractivity contribution in [3.8, 4) is 0 Å². The second-order valence-electron chi connectivity index (χ2n) is 2.62. The largest absolute Gasteiger partial charge is 0.465 e. The Labute approximate surface area is 81.3 Å². The second kappa shape index (κ2) is 4.86. The van der Waals surface area contributed by atoms with Gasteiger partial charge in [-0.2, -0.15) is 0 Å². The Kier molecular flexibility index (Phi) is 3.49. The highest BCUT2D eigenvalue weighted by molar-refractivity contribution is 5.91. The van der Waals surface area contributed by atoms with Gasteiger partial charge in [0.25, 0.3) is 0 Å². The number of nitrogens with zero attached hydrogens (tertiary/aromatic N) is 1. The van der Waals surface area contributed by atoms with Gasteiger partial charge >= 0.3 is 6.09 Å². The molecule has 0 aromatic heterocycles. The van der Waals surface area contributed by atoms with Crippen LogP contribution < -0.4 is 11.1 Å². The van der Waals surface area contributed by atoms with Crippen molar-refractivity contribution < 1.29 is 9.90 Å². The zero-order valence-corrected chi connectivity index (χ0v) is 7.47. The highest BCUT2D eigenvalue weighted by Gasteiger charge is 1.96. The minimum Gasteiger partial charge on any atom is -0.465 e. The van der Waals surface area contributed by atoms with Crippen LogP contribution in [0.4, 0.5) is 4.79 Å². The fourth-order valence-electron chi connectivity index (χ4n) is 0.909. The Morgan fingerprint density at radius 1 is 1.43 bits per heavy atom. The summed E-state index contributed by atoms with van der Waals surface area (Å²) in [5.74, 6) is -0.0960. The van der Waals surface area contributed by atoms with Crippen LogP contribution in [0.25, 0.3) is 0 Å². The lowest BCUT2D eigenvalue weighted by molar-refractivity contribution is 0.200. The number of hydrogen-bond donors (Lipinski definition) is 3. The average Bonchev–Trinajstić information content (AvgIpc) is 2.15. The number of benzene rings is 1. The molecule has 1 aromatic rings. The van der Waals surface area contributed by atoms with Gasteiger partial charge in [0.15, 0.2) is 5.96 Å². The van der Waals surface area contributed by atoms with Gasteiger partial charge in [0, 0.05) is 0 Å². The molecule has 1 rings (SSSR count). The van der Waals surface area contributed by atoms with Gasteiger partial charge in [-0.05, 0) is 5.56 Å². The Balaban J connectivity index is 2.51. The fraction of sp³-hybridized carbons (Fsp3) is 0.111. The van der Waals surface area contributed by atoms with Crippen molar-refractivity contribution in [3.05, 3.63) is 35.9 Å². The molecule has 0 fully saturated rings. The minimum absolute atomic E-state index is 0.0960. The van der Waals surface area contributed by atoms with Crippen molar-refractivity contribution in [1.82, 2.24) is 5.32 Å². The van der Waals surface area contributed by atoms with E-state index in [2.05, 4.69) is 4.99 Å². The number of aliphatic imine (C=N–C) groups is 1. The number of carboxylic acid groups (broad SMARTS) is 1. The zero-order chi connectivity index (χ0) is 10.4. The molecule has 0 radical (unpaired) electrons. The molecule has 0 saturated heterocycles. The van der Waals surface area contributed by atoms with Crippen molar-refractivity contribution in [2.45, 2.75) is 6.54 Å². The maximum Gasteiger partial charge on any atom is 0.411 e.